The fourth-order valence-corrected chi connectivity index (χ4v) is 4.01. The summed E-state index contributed by atoms with van der Waals surface area (Å²) in [6, 6.07) is 0. The Labute approximate surface area is 145 Å². The van der Waals surface area contributed by atoms with Crippen molar-refractivity contribution in [1.29, 1.82) is 0 Å². The molecule has 1 aromatic rings. The third-order valence-electron chi connectivity index (χ3n) is 3.25. The molecule has 0 aromatic carbocycles. The largest absolute Gasteiger partial charge is 0.617 e. The molecule has 0 spiro atoms. The molecule has 6 heteroatoms. The highest BCUT2D eigenvalue weighted by Gasteiger charge is 2.25. The summed E-state index contributed by atoms with van der Waals surface area (Å²) in [7, 11) is 1.74. The van der Waals surface area contributed by atoms with Gasteiger partial charge in [0.05, 0.1) is 17.9 Å². The van der Waals surface area contributed by atoms with E-state index in [1.54, 1.807) is 31.2 Å². The summed E-state index contributed by atoms with van der Waals surface area (Å²) in [4.78, 5) is 18.6. The van der Waals surface area contributed by atoms with Crippen LogP contribution in [0.1, 0.15) is 24.5 Å². The number of allylic oxidation sites excluding steroid dienone is 5. The first-order valence-electron chi connectivity index (χ1n) is 7.32. The number of aryl methyl sites for hydroxylation is 1. The predicted octanol–water partition coefficient (Wildman–Crippen LogP) is 3.57. The lowest BCUT2D eigenvalue weighted by atomic mass is 10.2. The summed E-state index contributed by atoms with van der Waals surface area (Å²) in [5.41, 5.74) is 1.73. The van der Waals surface area contributed by atoms with E-state index in [2.05, 4.69) is 11.6 Å². The number of carbonyl (C=O) groups is 1. The van der Waals surface area contributed by atoms with Crippen LogP contribution < -0.4 is 4.90 Å². The lowest BCUT2D eigenvalue weighted by molar-refractivity contribution is -0.121. The van der Waals surface area contributed by atoms with Gasteiger partial charge in [-0.2, -0.15) is 0 Å². The second-order valence-corrected chi connectivity index (χ2v) is 7.76. The number of nitrogens with zero attached hydrogens (tertiary/aromatic N) is 2. The number of hydrogen-bond donors (Lipinski definition) is 0. The maximum absolute atomic E-state index is 12.5. The number of anilines is 1. The summed E-state index contributed by atoms with van der Waals surface area (Å²) < 4.78 is 11.3. The van der Waals surface area contributed by atoms with Gasteiger partial charge in [0.15, 0.2) is 0 Å². The topological polar surface area (TPSA) is 56.3 Å². The highest BCUT2D eigenvalue weighted by molar-refractivity contribution is 7.90. The SMILES string of the molecule is C=C/C(=C\C=C/C)c1nc(C)c(N(C)C(=O)C(C)C[S+](C)[O-])s1. The Balaban J connectivity index is 3.05. The molecule has 2 atom stereocenters. The molecule has 0 aliphatic rings. The van der Waals surface area contributed by atoms with Gasteiger partial charge in [0.1, 0.15) is 15.8 Å². The van der Waals surface area contributed by atoms with Gasteiger partial charge in [-0.25, -0.2) is 4.98 Å². The van der Waals surface area contributed by atoms with Crippen LogP contribution >= 0.6 is 11.3 Å². The first-order chi connectivity index (χ1) is 10.8. The van der Waals surface area contributed by atoms with Crippen molar-refractivity contribution in [3.63, 3.8) is 0 Å². The molecule has 1 heterocycles. The third-order valence-corrected chi connectivity index (χ3v) is 5.50. The Morgan fingerprint density at radius 2 is 2.22 bits per heavy atom. The van der Waals surface area contributed by atoms with Crippen molar-refractivity contribution in [2.24, 2.45) is 5.92 Å². The molecule has 0 saturated carbocycles. The Morgan fingerprint density at radius 3 is 2.74 bits per heavy atom. The van der Waals surface area contributed by atoms with Crippen molar-refractivity contribution in [3.8, 4) is 0 Å². The van der Waals surface area contributed by atoms with E-state index in [1.165, 1.54) is 11.3 Å². The summed E-state index contributed by atoms with van der Waals surface area (Å²) >= 11 is 0.468. The Kier molecular flexibility index (Phi) is 7.75. The van der Waals surface area contributed by atoms with Crippen molar-refractivity contribution < 1.29 is 9.35 Å². The second-order valence-electron chi connectivity index (χ2n) is 5.30. The van der Waals surface area contributed by atoms with Crippen LogP contribution in [0.3, 0.4) is 0 Å². The number of aromatic nitrogens is 1. The minimum atomic E-state index is -0.992. The zero-order valence-corrected chi connectivity index (χ0v) is 16.0. The van der Waals surface area contributed by atoms with Crippen LogP contribution in [0.5, 0.6) is 0 Å². The fraction of sp³-hybridized carbons (Fsp3) is 0.412. The molecule has 0 aliphatic carbocycles. The fourth-order valence-electron chi connectivity index (χ4n) is 2.10. The molecule has 1 amide bonds. The van der Waals surface area contributed by atoms with Crippen LogP contribution in [0, 0.1) is 12.8 Å². The predicted molar refractivity (Wildman–Crippen MR) is 101 cm³/mol. The number of thiazole rings is 1. The number of amides is 1. The van der Waals surface area contributed by atoms with Crippen LogP contribution in [0.15, 0.2) is 30.9 Å². The van der Waals surface area contributed by atoms with Gasteiger partial charge in [-0.05, 0) is 20.8 Å². The van der Waals surface area contributed by atoms with Crippen LogP contribution in [-0.2, 0) is 16.0 Å². The van der Waals surface area contributed by atoms with Gasteiger partial charge in [0, 0.05) is 12.6 Å². The quantitative estimate of drug-likeness (QED) is 0.557. The van der Waals surface area contributed by atoms with Crippen molar-refractivity contribution in [1.82, 2.24) is 4.98 Å². The average molecular weight is 353 g/mol. The second kappa shape index (κ2) is 9.05. The lowest BCUT2D eigenvalue weighted by Gasteiger charge is -2.20. The van der Waals surface area contributed by atoms with E-state index < -0.39 is 11.2 Å². The highest BCUT2D eigenvalue weighted by atomic mass is 32.2. The first-order valence-corrected chi connectivity index (χ1v) is 9.87. The van der Waals surface area contributed by atoms with E-state index in [4.69, 9.17) is 0 Å². The van der Waals surface area contributed by atoms with Gasteiger partial charge in [-0.3, -0.25) is 4.79 Å². The Bertz CT molecular complexity index is 618. The van der Waals surface area contributed by atoms with Gasteiger partial charge in [0.25, 0.3) is 0 Å². The van der Waals surface area contributed by atoms with Crippen molar-refractivity contribution in [3.05, 3.63) is 41.6 Å². The van der Waals surface area contributed by atoms with E-state index in [0.717, 1.165) is 21.3 Å². The Hall–Kier alpha value is -1.37. The van der Waals surface area contributed by atoms with Crippen molar-refractivity contribution in [2.75, 3.05) is 24.0 Å². The summed E-state index contributed by atoms with van der Waals surface area (Å²) in [5, 5.41) is 1.64. The number of rotatable bonds is 7. The molecule has 2 unspecified atom stereocenters. The maximum atomic E-state index is 12.5. The van der Waals surface area contributed by atoms with Crippen molar-refractivity contribution >= 4 is 39.0 Å². The molecule has 126 valence electrons. The molecule has 1 aromatic heterocycles. The van der Waals surface area contributed by atoms with Crippen LogP contribution in [0.2, 0.25) is 0 Å². The average Bonchev–Trinajstić information content (AvgIpc) is 2.87. The van der Waals surface area contributed by atoms with E-state index in [1.807, 2.05) is 32.1 Å². The van der Waals surface area contributed by atoms with Crippen LogP contribution in [-0.4, -0.2) is 34.5 Å². The van der Waals surface area contributed by atoms with E-state index >= 15 is 0 Å². The zero-order chi connectivity index (χ0) is 17.6. The summed E-state index contributed by atoms with van der Waals surface area (Å²) in [5.74, 6) is 0.0387. The van der Waals surface area contributed by atoms with Gasteiger partial charge in [-0.1, -0.05) is 53.4 Å². The van der Waals surface area contributed by atoms with Crippen LogP contribution in [0.4, 0.5) is 5.00 Å². The number of carbonyl (C=O) groups excluding carboxylic acids is 1. The highest BCUT2D eigenvalue weighted by Crippen LogP contribution is 2.32. The molecule has 1 rings (SSSR count). The monoisotopic (exact) mass is 352 g/mol. The molecular formula is C17H24N2O2S2. The minimum absolute atomic E-state index is 0.0453. The van der Waals surface area contributed by atoms with E-state index in [-0.39, 0.29) is 11.8 Å². The standard InChI is InChI=1S/C17H24N2O2S2/c1-7-9-10-14(8-2)15-18-13(4)17(22-15)19(5)16(20)12(3)11-23(6)21/h7-10,12H,2,11H2,1,3-6H3/b9-7-,14-10+. The summed E-state index contributed by atoms with van der Waals surface area (Å²) in [6.45, 7) is 9.46. The minimum Gasteiger partial charge on any atom is -0.617 e. The van der Waals surface area contributed by atoms with Crippen molar-refractivity contribution in [2.45, 2.75) is 20.8 Å². The van der Waals surface area contributed by atoms with Gasteiger partial charge < -0.3 is 9.45 Å². The molecule has 0 N–H and O–H groups in total. The zero-order valence-electron chi connectivity index (χ0n) is 14.3. The van der Waals surface area contributed by atoms with Gasteiger partial charge >= 0.3 is 0 Å². The molecular weight excluding hydrogens is 328 g/mol. The molecule has 0 saturated heterocycles. The summed E-state index contributed by atoms with van der Waals surface area (Å²) in [6.07, 6.45) is 9.18. The first kappa shape index (κ1) is 19.7. The molecule has 4 nitrogen and oxygen atoms in total. The normalized spacial score (nSPS) is 14.8. The maximum Gasteiger partial charge on any atom is 0.234 e. The smallest absolute Gasteiger partial charge is 0.234 e. The van der Waals surface area contributed by atoms with E-state index in [9.17, 15) is 9.35 Å². The molecule has 0 radical (unpaired) electrons. The van der Waals surface area contributed by atoms with Crippen LogP contribution in [0.25, 0.3) is 5.57 Å². The Morgan fingerprint density at radius 1 is 1.57 bits per heavy atom. The molecule has 23 heavy (non-hydrogen) atoms. The lowest BCUT2D eigenvalue weighted by Crippen LogP contribution is -2.34. The number of hydrogen-bond acceptors (Lipinski definition) is 4. The molecule has 0 bridgehead atoms. The molecule has 0 aliphatic heterocycles. The van der Waals surface area contributed by atoms with E-state index in [0.29, 0.717) is 5.75 Å². The third kappa shape index (κ3) is 5.34. The van der Waals surface area contributed by atoms with Gasteiger partial charge in [-0.15, -0.1) is 0 Å². The van der Waals surface area contributed by atoms with Gasteiger partial charge in [0.2, 0.25) is 5.91 Å². The molecule has 0 fully saturated rings.